The normalized spacial score (nSPS) is 10.0. The van der Waals surface area contributed by atoms with Gasteiger partial charge in [-0.1, -0.05) is 22.0 Å². The van der Waals surface area contributed by atoms with Crippen LogP contribution >= 0.6 is 15.9 Å². The minimum atomic E-state index is -0.270. The number of halogens is 1. The van der Waals surface area contributed by atoms with Crippen LogP contribution in [0.5, 0.6) is 0 Å². The van der Waals surface area contributed by atoms with Crippen molar-refractivity contribution in [2.75, 3.05) is 11.9 Å². The average molecular weight is 347 g/mol. The van der Waals surface area contributed by atoms with Crippen molar-refractivity contribution in [3.63, 3.8) is 0 Å². The molecule has 2 aromatic rings. The van der Waals surface area contributed by atoms with Gasteiger partial charge in [0.2, 0.25) is 0 Å². The highest BCUT2D eigenvalue weighted by atomic mass is 79.9. The van der Waals surface area contributed by atoms with Crippen LogP contribution in [0.1, 0.15) is 16.1 Å². The first kappa shape index (κ1) is 15.2. The van der Waals surface area contributed by atoms with Gasteiger partial charge < -0.3 is 10.6 Å². The monoisotopic (exact) mass is 346 g/mol. The van der Waals surface area contributed by atoms with Gasteiger partial charge in [0.1, 0.15) is 0 Å². The topological polar surface area (TPSA) is 66.9 Å². The molecule has 0 fully saturated rings. The van der Waals surface area contributed by atoms with Crippen LogP contribution in [0.4, 0.5) is 11.5 Å². The van der Waals surface area contributed by atoms with Gasteiger partial charge in [0, 0.05) is 16.7 Å². The van der Waals surface area contributed by atoms with E-state index in [1.165, 1.54) is 0 Å². The molecule has 0 radical (unpaired) electrons. The quantitative estimate of drug-likeness (QED) is 0.815. The van der Waals surface area contributed by atoms with Gasteiger partial charge in [0.15, 0.2) is 11.5 Å². The van der Waals surface area contributed by atoms with Crippen LogP contribution in [0, 0.1) is 6.92 Å². The Labute approximate surface area is 131 Å². The third-order valence-electron chi connectivity index (χ3n) is 2.73. The molecule has 6 heteroatoms. The zero-order chi connectivity index (χ0) is 15.2. The minimum Gasteiger partial charge on any atom is -0.347 e. The molecule has 0 atom stereocenters. The summed E-state index contributed by atoms with van der Waals surface area (Å²) in [6, 6.07) is 9.23. The lowest BCUT2D eigenvalue weighted by molar-refractivity contribution is 0.0952. The highest BCUT2D eigenvalue weighted by Gasteiger charge is 2.07. The highest BCUT2D eigenvalue weighted by Crippen LogP contribution is 2.22. The lowest BCUT2D eigenvalue weighted by Crippen LogP contribution is -2.24. The van der Waals surface area contributed by atoms with Crippen molar-refractivity contribution in [1.29, 1.82) is 0 Å². The molecule has 0 unspecified atom stereocenters. The third-order valence-corrected chi connectivity index (χ3v) is 3.62. The van der Waals surface area contributed by atoms with Crippen molar-refractivity contribution in [1.82, 2.24) is 15.5 Å². The largest absolute Gasteiger partial charge is 0.347 e. The van der Waals surface area contributed by atoms with Crippen molar-refractivity contribution in [2.45, 2.75) is 6.92 Å². The highest BCUT2D eigenvalue weighted by molar-refractivity contribution is 9.10. The zero-order valence-electron chi connectivity index (χ0n) is 11.6. The van der Waals surface area contributed by atoms with E-state index in [0.29, 0.717) is 12.4 Å². The summed E-state index contributed by atoms with van der Waals surface area (Å²) >= 11 is 3.45. The van der Waals surface area contributed by atoms with E-state index in [4.69, 9.17) is 0 Å². The second-order valence-electron chi connectivity index (χ2n) is 4.39. The summed E-state index contributed by atoms with van der Waals surface area (Å²) in [5.74, 6) is 0.311. The maximum Gasteiger partial charge on any atom is 0.272 e. The summed E-state index contributed by atoms with van der Waals surface area (Å²) < 4.78 is 1.05. The van der Waals surface area contributed by atoms with E-state index in [2.05, 4.69) is 43.3 Å². The molecule has 0 saturated carbocycles. The Kier molecular flexibility index (Phi) is 5.05. The van der Waals surface area contributed by atoms with Crippen molar-refractivity contribution >= 4 is 33.3 Å². The molecule has 0 aliphatic heterocycles. The average Bonchev–Trinajstić information content (AvgIpc) is 2.49. The molecule has 0 bridgehead atoms. The Morgan fingerprint density at radius 1 is 1.33 bits per heavy atom. The lowest BCUT2D eigenvalue weighted by Gasteiger charge is -2.07. The van der Waals surface area contributed by atoms with Gasteiger partial charge in [-0.2, -0.15) is 0 Å². The van der Waals surface area contributed by atoms with Crippen LogP contribution in [0.25, 0.3) is 0 Å². The fraction of sp³-hybridized carbons (Fsp3) is 0.133. The molecular formula is C15H15BrN4O. The summed E-state index contributed by atoms with van der Waals surface area (Å²) in [4.78, 5) is 11.7. The first-order chi connectivity index (χ1) is 10.1. The second kappa shape index (κ2) is 6.99. The van der Waals surface area contributed by atoms with Crippen LogP contribution in [0.15, 0.2) is 47.5 Å². The number of aromatic nitrogens is 2. The molecule has 1 amide bonds. The summed E-state index contributed by atoms with van der Waals surface area (Å²) in [6.45, 7) is 5.95. The Bertz CT molecular complexity index is 655. The van der Waals surface area contributed by atoms with E-state index in [9.17, 15) is 4.79 Å². The standard InChI is InChI=1S/C15H15BrN4O/c1-3-8-17-15(21)13-6-7-14(20-19-13)18-11-4-5-12(16)10(2)9-11/h3-7,9H,1,8H2,2H3,(H,17,21)(H,18,20). The number of nitrogens with one attached hydrogen (secondary N) is 2. The van der Waals surface area contributed by atoms with Gasteiger partial charge in [-0.3, -0.25) is 4.79 Å². The molecule has 0 aliphatic carbocycles. The van der Waals surface area contributed by atoms with E-state index in [0.717, 1.165) is 15.7 Å². The van der Waals surface area contributed by atoms with E-state index >= 15 is 0 Å². The fourth-order valence-corrected chi connectivity index (χ4v) is 1.89. The summed E-state index contributed by atoms with van der Waals surface area (Å²) in [6.07, 6.45) is 1.61. The minimum absolute atomic E-state index is 0.270. The first-order valence-corrected chi connectivity index (χ1v) is 7.15. The van der Waals surface area contributed by atoms with Gasteiger partial charge in [-0.15, -0.1) is 16.8 Å². The Hall–Kier alpha value is -2.21. The Morgan fingerprint density at radius 2 is 2.14 bits per heavy atom. The lowest BCUT2D eigenvalue weighted by atomic mass is 10.2. The van der Waals surface area contributed by atoms with Crippen LogP contribution < -0.4 is 10.6 Å². The summed E-state index contributed by atoms with van der Waals surface area (Å²) in [5, 5.41) is 13.7. The SMILES string of the molecule is C=CCNC(=O)c1ccc(Nc2ccc(Br)c(C)c2)nn1. The van der Waals surface area contributed by atoms with Crippen molar-refractivity contribution < 1.29 is 4.79 Å². The molecule has 0 saturated heterocycles. The van der Waals surface area contributed by atoms with Crippen molar-refractivity contribution in [3.05, 3.63) is 58.7 Å². The number of anilines is 2. The maximum absolute atomic E-state index is 11.7. The van der Waals surface area contributed by atoms with Gasteiger partial charge in [-0.05, 0) is 42.8 Å². The number of benzene rings is 1. The van der Waals surface area contributed by atoms with Crippen molar-refractivity contribution in [3.8, 4) is 0 Å². The van der Waals surface area contributed by atoms with E-state index in [1.54, 1.807) is 18.2 Å². The van der Waals surface area contributed by atoms with Gasteiger partial charge >= 0.3 is 0 Å². The predicted molar refractivity (Wildman–Crippen MR) is 86.7 cm³/mol. The molecule has 0 spiro atoms. The molecule has 108 valence electrons. The van der Waals surface area contributed by atoms with Gasteiger partial charge in [-0.25, -0.2) is 0 Å². The molecule has 1 heterocycles. The predicted octanol–water partition coefficient (Wildman–Crippen LogP) is 3.21. The molecule has 0 aliphatic rings. The van der Waals surface area contributed by atoms with Crippen LogP contribution in [-0.4, -0.2) is 22.6 Å². The molecule has 21 heavy (non-hydrogen) atoms. The summed E-state index contributed by atoms with van der Waals surface area (Å²) in [5.41, 5.74) is 2.30. The summed E-state index contributed by atoms with van der Waals surface area (Å²) in [7, 11) is 0. The molecule has 2 N–H and O–H groups in total. The van der Waals surface area contributed by atoms with Gasteiger partial charge in [0.25, 0.3) is 5.91 Å². The number of carbonyl (C=O) groups excluding carboxylic acids is 1. The van der Waals surface area contributed by atoms with Crippen LogP contribution in [0.3, 0.4) is 0 Å². The number of hydrogen-bond donors (Lipinski definition) is 2. The Balaban J connectivity index is 2.06. The number of amides is 1. The fourth-order valence-electron chi connectivity index (χ4n) is 1.65. The van der Waals surface area contributed by atoms with E-state index in [-0.39, 0.29) is 11.6 Å². The van der Waals surface area contributed by atoms with E-state index < -0.39 is 0 Å². The smallest absolute Gasteiger partial charge is 0.272 e. The molecular weight excluding hydrogens is 332 g/mol. The number of hydrogen-bond acceptors (Lipinski definition) is 4. The number of aryl methyl sites for hydroxylation is 1. The van der Waals surface area contributed by atoms with Gasteiger partial charge in [0.05, 0.1) is 0 Å². The first-order valence-electron chi connectivity index (χ1n) is 6.36. The van der Waals surface area contributed by atoms with Crippen molar-refractivity contribution in [2.24, 2.45) is 0 Å². The zero-order valence-corrected chi connectivity index (χ0v) is 13.1. The number of nitrogens with zero attached hydrogens (tertiary/aromatic N) is 2. The Morgan fingerprint density at radius 3 is 2.76 bits per heavy atom. The third kappa shape index (κ3) is 4.13. The molecule has 5 nitrogen and oxygen atoms in total. The second-order valence-corrected chi connectivity index (χ2v) is 5.25. The number of carbonyl (C=O) groups is 1. The van der Waals surface area contributed by atoms with E-state index in [1.807, 2.05) is 25.1 Å². The molecule has 1 aromatic carbocycles. The number of rotatable bonds is 5. The van der Waals surface area contributed by atoms with Crippen LogP contribution in [0.2, 0.25) is 0 Å². The van der Waals surface area contributed by atoms with Crippen LogP contribution in [-0.2, 0) is 0 Å². The maximum atomic E-state index is 11.7. The molecule has 2 rings (SSSR count). The molecule has 1 aromatic heterocycles.